The summed E-state index contributed by atoms with van der Waals surface area (Å²) in [5, 5.41) is 2.55. The highest BCUT2D eigenvalue weighted by atomic mass is 19.4. The molecule has 0 radical (unpaired) electrons. The number of guanidine groups is 1. The van der Waals surface area contributed by atoms with Crippen LogP contribution in [0.15, 0.2) is 83.0 Å². The van der Waals surface area contributed by atoms with Crippen molar-refractivity contribution in [3.63, 3.8) is 0 Å². The van der Waals surface area contributed by atoms with Gasteiger partial charge in [-0.2, -0.15) is 13.2 Å². The lowest BCUT2D eigenvalue weighted by Gasteiger charge is -2.45. The van der Waals surface area contributed by atoms with E-state index in [9.17, 15) is 27.3 Å². The first kappa shape index (κ1) is 25.4. The first-order valence-corrected chi connectivity index (χ1v) is 12.0. The topological polar surface area (TPSA) is 68.6 Å². The van der Waals surface area contributed by atoms with Crippen LogP contribution in [0.1, 0.15) is 23.6 Å². The van der Waals surface area contributed by atoms with Gasteiger partial charge in [0.2, 0.25) is 5.96 Å². The minimum atomic E-state index is -4.57. The number of carbonyl (C=O) groups excluding carboxylic acids is 1. The molecule has 0 saturated carbocycles. The van der Waals surface area contributed by atoms with Gasteiger partial charge in [0, 0.05) is 48.3 Å². The Morgan fingerprint density at radius 1 is 0.895 bits per heavy atom. The fourth-order valence-corrected chi connectivity index (χ4v) is 4.88. The number of hydrogen-bond acceptors (Lipinski definition) is 6. The molecule has 5 rings (SSSR count). The van der Waals surface area contributed by atoms with Crippen molar-refractivity contribution in [2.75, 3.05) is 36.0 Å². The van der Waals surface area contributed by atoms with Crippen LogP contribution in [0.5, 0.6) is 0 Å². The Kier molecular flexibility index (Phi) is 6.83. The van der Waals surface area contributed by atoms with Crippen LogP contribution in [0.25, 0.3) is 0 Å². The highest BCUT2D eigenvalue weighted by Gasteiger charge is 2.38. The Bertz CT molecular complexity index is 1370. The maximum absolute atomic E-state index is 13.6. The lowest BCUT2D eigenvalue weighted by molar-refractivity contribution is -0.137. The molecule has 1 atom stereocenters. The summed E-state index contributed by atoms with van der Waals surface area (Å²) in [5.74, 6) is -0.862. The third kappa shape index (κ3) is 5.09. The molecule has 38 heavy (non-hydrogen) atoms. The van der Waals surface area contributed by atoms with E-state index >= 15 is 0 Å². The fraction of sp³-hybridized carbons (Fsp3) is 0.259. The number of rotatable bonds is 4. The number of anilines is 2. The second kappa shape index (κ2) is 10.2. The van der Waals surface area contributed by atoms with Gasteiger partial charge in [-0.1, -0.05) is 24.3 Å². The van der Waals surface area contributed by atoms with Crippen LogP contribution in [0.4, 0.5) is 34.6 Å². The number of alkyl halides is 3. The van der Waals surface area contributed by atoms with Crippen molar-refractivity contribution < 1.29 is 22.4 Å². The monoisotopic (exact) mass is 525 g/mol. The van der Waals surface area contributed by atoms with E-state index in [1.165, 1.54) is 24.3 Å². The number of hydrogen-bond donors (Lipinski definition) is 0. The summed E-state index contributed by atoms with van der Waals surface area (Å²) in [7, 11) is 0. The normalized spacial score (nSPS) is 17.6. The van der Waals surface area contributed by atoms with Gasteiger partial charge in [0.15, 0.2) is 0 Å². The van der Waals surface area contributed by atoms with Crippen molar-refractivity contribution in [2.45, 2.75) is 18.6 Å². The molecule has 1 saturated heterocycles. The third-order valence-electron chi connectivity index (χ3n) is 6.72. The van der Waals surface area contributed by atoms with Gasteiger partial charge in [-0.25, -0.2) is 9.38 Å². The van der Waals surface area contributed by atoms with Crippen molar-refractivity contribution in [1.29, 1.82) is 0 Å². The minimum absolute atomic E-state index is 0.192. The number of amides is 1. The van der Waals surface area contributed by atoms with Crippen molar-refractivity contribution in [2.24, 2.45) is 10.2 Å². The average molecular weight is 526 g/mol. The van der Waals surface area contributed by atoms with E-state index in [1.54, 1.807) is 41.3 Å². The van der Waals surface area contributed by atoms with Crippen LogP contribution in [-0.2, 0) is 11.0 Å². The van der Waals surface area contributed by atoms with E-state index in [2.05, 4.69) is 10.1 Å². The number of piperazine rings is 1. The summed E-state index contributed by atoms with van der Waals surface area (Å²) < 4.78 is 54.2. The summed E-state index contributed by atoms with van der Waals surface area (Å²) in [6.45, 7) is 2.06. The molecule has 0 spiro atoms. The number of para-hydroxylation sites is 1. The summed E-state index contributed by atoms with van der Waals surface area (Å²) >= 11 is 0. The fourth-order valence-electron chi connectivity index (χ4n) is 4.88. The van der Waals surface area contributed by atoms with E-state index in [-0.39, 0.29) is 17.9 Å². The molecule has 7 nitrogen and oxygen atoms in total. The summed E-state index contributed by atoms with van der Waals surface area (Å²) in [4.78, 5) is 33.7. The Labute approximate surface area is 216 Å². The van der Waals surface area contributed by atoms with Crippen LogP contribution >= 0.6 is 0 Å². The molecule has 2 aliphatic rings. The number of fused-ring (bicyclic) bond motifs is 1. The van der Waals surface area contributed by atoms with E-state index in [4.69, 9.17) is 4.99 Å². The Morgan fingerprint density at radius 2 is 1.58 bits per heavy atom. The number of carbonyl (C=O) groups is 1. The SMILES string of the molecule is O=NC(=O)CC1c2ccccc2N=C(N2CCN(c3ccc(F)cc3)CC2)N1c1cccc(C(F)(F)F)c1. The lowest BCUT2D eigenvalue weighted by atomic mass is 9.97. The predicted octanol–water partition coefficient (Wildman–Crippen LogP) is 5.90. The van der Waals surface area contributed by atoms with E-state index < -0.39 is 23.7 Å². The Morgan fingerprint density at radius 3 is 2.26 bits per heavy atom. The second-order valence-corrected chi connectivity index (χ2v) is 9.04. The van der Waals surface area contributed by atoms with Gasteiger partial charge in [-0.3, -0.25) is 4.79 Å². The molecule has 196 valence electrons. The van der Waals surface area contributed by atoms with E-state index in [1.807, 2.05) is 4.90 Å². The van der Waals surface area contributed by atoms with E-state index in [0.29, 0.717) is 43.4 Å². The molecule has 0 N–H and O–H groups in total. The largest absolute Gasteiger partial charge is 0.416 e. The van der Waals surface area contributed by atoms with Gasteiger partial charge >= 0.3 is 6.18 Å². The standard InChI is InChI=1S/C27H23F4N5O2/c28-19-8-10-20(11-9-19)34-12-14-35(15-13-34)26-32-23-7-2-1-6-22(23)24(17-25(37)33-38)36(26)21-5-3-4-18(16-21)27(29,30)31/h1-11,16,24H,12-15,17H2. The second-order valence-electron chi connectivity index (χ2n) is 9.04. The molecular formula is C27H23F4N5O2. The van der Waals surface area contributed by atoms with E-state index in [0.717, 1.165) is 17.8 Å². The lowest BCUT2D eigenvalue weighted by Crippen LogP contribution is -2.55. The quantitative estimate of drug-likeness (QED) is 0.314. The molecule has 0 aromatic heterocycles. The molecule has 2 aliphatic heterocycles. The number of nitroso groups, excluding NO2 is 1. The van der Waals surface area contributed by atoms with Gasteiger partial charge in [0.25, 0.3) is 5.91 Å². The highest BCUT2D eigenvalue weighted by Crippen LogP contribution is 2.42. The summed E-state index contributed by atoms with van der Waals surface area (Å²) in [5.41, 5.74) is 1.38. The highest BCUT2D eigenvalue weighted by molar-refractivity contribution is 6.01. The molecule has 2 heterocycles. The first-order chi connectivity index (χ1) is 18.2. The van der Waals surface area contributed by atoms with Crippen LogP contribution in [0, 0.1) is 10.7 Å². The van der Waals surface area contributed by atoms with Crippen LogP contribution in [0.3, 0.4) is 0 Å². The van der Waals surface area contributed by atoms with Gasteiger partial charge < -0.3 is 14.7 Å². The first-order valence-electron chi connectivity index (χ1n) is 12.0. The van der Waals surface area contributed by atoms with Crippen molar-refractivity contribution >= 4 is 28.9 Å². The zero-order chi connectivity index (χ0) is 26.9. The molecular weight excluding hydrogens is 502 g/mol. The molecule has 1 amide bonds. The zero-order valence-electron chi connectivity index (χ0n) is 20.1. The third-order valence-corrected chi connectivity index (χ3v) is 6.72. The number of aliphatic imine (C=N–C) groups is 1. The van der Waals surface area contributed by atoms with Crippen LogP contribution in [-0.4, -0.2) is 42.9 Å². The Hall–Kier alpha value is -4.28. The van der Waals surface area contributed by atoms with Gasteiger partial charge in [0.1, 0.15) is 5.82 Å². The van der Waals surface area contributed by atoms with Crippen molar-refractivity contribution in [3.8, 4) is 0 Å². The summed E-state index contributed by atoms with van der Waals surface area (Å²) in [6.07, 6.45) is -4.90. The van der Waals surface area contributed by atoms with Crippen molar-refractivity contribution in [3.05, 3.63) is 94.6 Å². The minimum Gasteiger partial charge on any atom is -0.368 e. The average Bonchev–Trinajstić information content (AvgIpc) is 2.93. The van der Waals surface area contributed by atoms with Gasteiger partial charge in [-0.15, -0.1) is 4.91 Å². The maximum Gasteiger partial charge on any atom is 0.416 e. The van der Waals surface area contributed by atoms with Gasteiger partial charge in [0.05, 0.1) is 23.7 Å². The van der Waals surface area contributed by atoms with Gasteiger partial charge in [-0.05, 0) is 48.5 Å². The molecule has 0 aliphatic carbocycles. The molecule has 3 aromatic carbocycles. The molecule has 1 fully saturated rings. The maximum atomic E-state index is 13.6. The number of halogens is 4. The zero-order valence-corrected chi connectivity index (χ0v) is 20.1. The molecule has 11 heteroatoms. The molecule has 3 aromatic rings. The number of nitrogens with zero attached hydrogens (tertiary/aromatic N) is 5. The molecule has 1 unspecified atom stereocenters. The van der Waals surface area contributed by atoms with Crippen LogP contribution < -0.4 is 9.80 Å². The predicted molar refractivity (Wildman–Crippen MR) is 136 cm³/mol. The van der Waals surface area contributed by atoms with Crippen molar-refractivity contribution in [1.82, 2.24) is 4.90 Å². The smallest absolute Gasteiger partial charge is 0.368 e. The number of benzene rings is 3. The summed E-state index contributed by atoms with van der Waals surface area (Å²) in [6, 6.07) is 17.2. The van der Waals surface area contributed by atoms with Crippen LogP contribution in [0.2, 0.25) is 0 Å². The Balaban J connectivity index is 1.54. The molecule has 0 bridgehead atoms.